The van der Waals surface area contributed by atoms with Crippen molar-refractivity contribution in [2.24, 2.45) is 5.92 Å². The predicted molar refractivity (Wildman–Crippen MR) is 113 cm³/mol. The van der Waals surface area contributed by atoms with Gasteiger partial charge in [0.05, 0.1) is 23.8 Å². The van der Waals surface area contributed by atoms with Crippen LogP contribution in [0.15, 0.2) is 30.5 Å². The molecule has 2 aliphatic heterocycles. The summed E-state index contributed by atoms with van der Waals surface area (Å²) in [6, 6.07) is 6.19. The summed E-state index contributed by atoms with van der Waals surface area (Å²) in [6.07, 6.45) is 1.93. The van der Waals surface area contributed by atoms with Crippen molar-refractivity contribution in [3.63, 3.8) is 0 Å². The summed E-state index contributed by atoms with van der Waals surface area (Å²) in [5, 5.41) is 0.550. The molecule has 7 heteroatoms. The lowest BCUT2D eigenvalue weighted by molar-refractivity contribution is -0.136. The standard InChI is InChI=1S/C23H30F3N3O/c1-17-14-18(30-13-12-28-10-3-2-4-11-28)16-29(15-17)21-8-7-20(23(24,25)26)22-19(21)6-5-9-27-22/h5-9,17-18H,2-4,10-16H2,1H3/t17-,18+/m0/s1. The Hall–Kier alpha value is -1.86. The van der Waals surface area contributed by atoms with Crippen LogP contribution in [0.4, 0.5) is 18.9 Å². The number of hydrogen-bond acceptors (Lipinski definition) is 4. The highest BCUT2D eigenvalue weighted by Crippen LogP contribution is 2.38. The van der Waals surface area contributed by atoms with E-state index in [1.54, 1.807) is 18.2 Å². The first-order valence-corrected chi connectivity index (χ1v) is 11.0. The Morgan fingerprint density at radius 1 is 1.10 bits per heavy atom. The number of nitrogens with zero attached hydrogens (tertiary/aromatic N) is 3. The number of fused-ring (bicyclic) bond motifs is 1. The zero-order chi connectivity index (χ0) is 21.1. The smallest absolute Gasteiger partial charge is 0.375 e. The number of hydrogen-bond donors (Lipinski definition) is 0. The van der Waals surface area contributed by atoms with Crippen LogP contribution in [0.5, 0.6) is 0 Å². The van der Waals surface area contributed by atoms with Crippen molar-refractivity contribution in [1.82, 2.24) is 9.88 Å². The van der Waals surface area contributed by atoms with E-state index in [2.05, 4.69) is 21.7 Å². The van der Waals surface area contributed by atoms with E-state index in [-0.39, 0.29) is 11.6 Å². The zero-order valence-electron chi connectivity index (χ0n) is 17.5. The second kappa shape index (κ2) is 9.10. The van der Waals surface area contributed by atoms with E-state index in [1.165, 1.54) is 25.5 Å². The van der Waals surface area contributed by atoms with Crippen LogP contribution in [0.2, 0.25) is 0 Å². The van der Waals surface area contributed by atoms with Crippen LogP contribution in [-0.2, 0) is 10.9 Å². The average molecular weight is 422 g/mol. The summed E-state index contributed by atoms with van der Waals surface area (Å²) < 4.78 is 46.5. The molecule has 0 saturated carbocycles. The molecule has 4 nitrogen and oxygen atoms in total. The Bertz CT molecular complexity index is 851. The number of piperidine rings is 2. The Kier molecular flexibility index (Phi) is 6.48. The van der Waals surface area contributed by atoms with Crippen LogP contribution in [0.3, 0.4) is 0 Å². The maximum Gasteiger partial charge on any atom is 0.418 e. The lowest BCUT2D eigenvalue weighted by atomic mass is 9.96. The first-order chi connectivity index (χ1) is 14.4. The second-order valence-corrected chi connectivity index (χ2v) is 8.67. The van der Waals surface area contributed by atoms with Gasteiger partial charge in [-0.2, -0.15) is 13.2 Å². The quantitative estimate of drug-likeness (QED) is 0.682. The van der Waals surface area contributed by atoms with E-state index < -0.39 is 11.7 Å². The lowest BCUT2D eigenvalue weighted by Crippen LogP contribution is -2.44. The molecule has 0 radical (unpaired) electrons. The van der Waals surface area contributed by atoms with Gasteiger partial charge >= 0.3 is 6.18 Å². The first-order valence-electron chi connectivity index (χ1n) is 11.0. The molecule has 0 aliphatic carbocycles. The number of ether oxygens (including phenoxy) is 1. The van der Waals surface area contributed by atoms with Crippen LogP contribution in [0.25, 0.3) is 10.9 Å². The Balaban J connectivity index is 1.48. The van der Waals surface area contributed by atoms with Crippen molar-refractivity contribution in [2.75, 3.05) is 44.2 Å². The minimum absolute atomic E-state index is 0.0169. The van der Waals surface area contributed by atoms with Gasteiger partial charge in [-0.05, 0) is 62.5 Å². The Labute approximate surface area is 176 Å². The molecular formula is C23H30F3N3O. The third-order valence-corrected chi connectivity index (χ3v) is 6.22. The summed E-state index contributed by atoms with van der Waals surface area (Å²) in [7, 11) is 0. The third kappa shape index (κ3) is 4.89. The van der Waals surface area contributed by atoms with Crippen molar-refractivity contribution in [3.05, 3.63) is 36.0 Å². The first kappa shape index (κ1) is 21.4. The number of alkyl halides is 3. The molecule has 3 heterocycles. The molecular weight excluding hydrogens is 391 g/mol. The van der Waals surface area contributed by atoms with E-state index >= 15 is 0 Å². The van der Waals surface area contributed by atoms with E-state index in [0.29, 0.717) is 24.5 Å². The normalized spacial score (nSPS) is 23.8. The van der Waals surface area contributed by atoms with Gasteiger partial charge in [-0.15, -0.1) is 0 Å². The molecule has 0 spiro atoms. The SMILES string of the molecule is C[C@H]1C[C@@H](OCCN2CCCCC2)CN(c2ccc(C(F)(F)F)c3ncccc23)C1. The minimum atomic E-state index is -4.42. The van der Waals surface area contributed by atoms with E-state index in [0.717, 1.165) is 44.4 Å². The van der Waals surface area contributed by atoms with Crippen LogP contribution >= 0.6 is 0 Å². The van der Waals surface area contributed by atoms with Crippen molar-refractivity contribution in [3.8, 4) is 0 Å². The van der Waals surface area contributed by atoms with Crippen molar-refractivity contribution >= 4 is 16.6 Å². The lowest BCUT2D eigenvalue weighted by Gasteiger charge is -2.38. The molecule has 0 bridgehead atoms. The van der Waals surface area contributed by atoms with Crippen LogP contribution < -0.4 is 4.90 Å². The molecule has 0 amide bonds. The molecule has 0 N–H and O–H groups in total. The van der Waals surface area contributed by atoms with Gasteiger partial charge in [0.2, 0.25) is 0 Å². The largest absolute Gasteiger partial charge is 0.418 e. The number of likely N-dealkylation sites (tertiary alicyclic amines) is 1. The van der Waals surface area contributed by atoms with Crippen molar-refractivity contribution in [2.45, 2.75) is 44.9 Å². The predicted octanol–water partition coefficient (Wildman–Crippen LogP) is 4.97. The molecule has 4 rings (SSSR count). The maximum atomic E-state index is 13.4. The molecule has 2 saturated heterocycles. The maximum absolute atomic E-state index is 13.4. The van der Waals surface area contributed by atoms with E-state index in [1.807, 2.05) is 0 Å². The third-order valence-electron chi connectivity index (χ3n) is 6.22. The number of anilines is 1. The Morgan fingerprint density at radius 3 is 2.67 bits per heavy atom. The average Bonchev–Trinajstić information content (AvgIpc) is 2.72. The second-order valence-electron chi connectivity index (χ2n) is 8.67. The summed E-state index contributed by atoms with van der Waals surface area (Å²) in [5.74, 6) is 0.410. The zero-order valence-corrected chi connectivity index (χ0v) is 17.5. The van der Waals surface area contributed by atoms with Gasteiger partial charge in [0.25, 0.3) is 0 Å². The highest BCUT2D eigenvalue weighted by Gasteiger charge is 2.34. The fourth-order valence-electron chi connectivity index (χ4n) is 4.81. The summed E-state index contributed by atoms with van der Waals surface area (Å²) >= 11 is 0. The van der Waals surface area contributed by atoms with Crippen LogP contribution in [0.1, 0.15) is 38.2 Å². The van der Waals surface area contributed by atoms with Gasteiger partial charge in [-0.3, -0.25) is 4.98 Å². The topological polar surface area (TPSA) is 28.6 Å². The van der Waals surface area contributed by atoms with Gasteiger partial charge < -0.3 is 14.5 Å². The minimum Gasteiger partial charge on any atom is -0.375 e. The van der Waals surface area contributed by atoms with E-state index in [4.69, 9.17) is 4.74 Å². The number of aromatic nitrogens is 1. The molecule has 0 unspecified atom stereocenters. The van der Waals surface area contributed by atoms with Gasteiger partial charge in [0.15, 0.2) is 0 Å². The van der Waals surface area contributed by atoms with Crippen molar-refractivity contribution in [1.29, 1.82) is 0 Å². The van der Waals surface area contributed by atoms with Crippen molar-refractivity contribution < 1.29 is 17.9 Å². The molecule has 1 aromatic heterocycles. The van der Waals surface area contributed by atoms with Crippen LogP contribution in [-0.4, -0.2) is 55.3 Å². The highest BCUT2D eigenvalue weighted by atomic mass is 19.4. The Morgan fingerprint density at radius 2 is 1.90 bits per heavy atom. The van der Waals surface area contributed by atoms with Gasteiger partial charge in [0.1, 0.15) is 0 Å². The molecule has 2 aliphatic rings. The van der Waals surface area contributed by atoms with Gasteiger partial charge in [-0.25, -0.2) is 0 Å². The number of rotatable bonds is 5. The molecule has 30 heavy (non-hydrogen) atoms. The molecule has 2 fully saturated rings. The van der Waals surface area contributed by atoms with Gasteiger partial charge in [0, 0.05) is 36.9 Å². The van der Waals surface area contributed by atoms with Gasteiger partial charge in [-0.1, -0.05) is 13.3 Å². The monoisotopic (exact) mass is 421 g/mol. The number of benzene rings is 1. The number of halogens is 3. The number of pyridine rings is 1. The molecule has 2 atom stereocenters. The highest BCUT2D eigenvalue weighted by molar-refractivity contribution is 5.94. The summed E-state index contributed by atoms with van der Waals surface area (Å²) in [6.45, 7) is 7.65. The van der Waals surface area contributed by atoms with E-state index in [9.17, 15) is 13.2 Å². The fourth-order valence-corrected chi connectivity index (χ4v) is 4.81. The molecule has 1 aromatic carbocycles. The molecule has 2 aromatic rings. The summed E-state index contributed by atoms with van der Waals surface area (Å²) in [4.78, 5) is 8.69. The fraction of sp³-hybridized carbons (Fsp3) is 0.609. The summed E-state index contributed by atoms with van der Waals surface area (Å²) in [5.41, 5.74) is 0.145. The molecule has 164 valence electrons. The van der Waals surface area contributed by atoms with Crippen LogP contribution in [0, 0.1) is 5.92 Å².